The molecule has 2 nitrogen and oxygen atoms in total. The minimum Gasteiger partial charge on any atom is -0.406 e. The molecular weight excluding hydrogens is 406 g/mol. The molecule has 0 aliphatic heterocycles. The van der Waals surface area contributed by atoms with Crippen LogP contribution in [0.1, 0.15) is 52.0 Å². The molecule has 0 amide bonds. The number of hydrogen-bond donors (Lipinski definition) is 1. The fourth-order valence-corrected chi connectivity index (χ4v) is 10.1. The SMILES string of the molecule is CC(C)(C)[Si](OCCNC1(c2ccccc2)CCCC1)(c1ccccc1)c1ccccc1. The second kappa shape index (κ2) is 9.74. The first-order valence-corrected chi connectivity index (χ1v) is 13.9. The first kappa shape index (κ1) is 23.0. The monoisotopic (exact) mass is 443 g/mol. The van der Waals surface area contributed by atoms with E-state index < -0.39 is 8.32 Å². The molecular formula is C29H37NOSi. The third-order valence-electron chi connectivity index (χ3n) is 7.08. The summed E-state index contributed by atoms with van der Waals surface area (Å²) in [5, 5.41) is 6.64. The Morgan fingerprint density at radius 2 is 1.22 bits per heavy atom. The van der Waals surface area contributed by atoms with Crippen molar-refractivity contribution in [1.82, 2.24) is 5.32 Å². The minimum absolute atomic E-state index is 0.0141. The molecule has 0 heterocycles. The Morgan fingerprint density at radius 3 is 1.69 bits per heavy atom. The lowest BCUT2D eigenvalue weighted by molar-refractivity contribution is 0.257. The molecule has 1 fully saturated rings. The van der Waals surface area contributed by atoms with E-state index in [1.165, 1.54) is 41.6 Å². The van der Waals surface area contributed by atoms with Crippen molar-refractivity contribution in [3.63, 3.8) is 0 Å². The van der Waals surface area contributed by atoms with Crippen molar-refractivity contribution < 1.29 is 4.43 Å². The smallest absolute Gasteiger partial charge is 0.261 e. The van der Waals surface area contributed by atoms with Gasteiger partial charge in [0, 0.05) is 18.7 Å². The van der Waals surface area contributed by atoms with Gasteiger partial charge in [0.1, 0.15) is 0 Å². The maximum atomic E-state index is 7.08. The van der Waals surface area contributed by atoms with Gasteiger partial charge in [0.2, 0.25) is 0 Å². The van der Waals surface area contributed by atoms with Gasteiger partial charge in [-0.3, -0.25) is 0 Å². The summed E-state index contributed by atoms with van der Waals surface area (Å²) < 4.78 is 7.08. The molecule has 4 rings (SSSR count). The van der Waals surface area contributed by atoms with Gasteiger partial charge in [0.25, 0.3) is 8.32 Å². The van der Waals surface area contributed by atoms with Crippen molar-refractivity contribution in [2.24, 2.45) is 0 Å². The highest BCUT2D eigenvalue weighted by atomic mass is 28.4. The molecule has 3 aromatic rings. The van der Waals surface area contributed by atoms with Crippen LogP contribution in [0, 0.1) is 0 Å². The normalized spacial score (nSPS) is 16.2. The molecule has 0 bridgehead atoms. The Labute approximate surface area is 195 Å². The molecule has 0 radical (unpaired) electrons. The molecule has 0 unspecified atom stereocenters. The average Bonchev–Trinajstić information content (AvgIpc) is 3.30. The van der Waals surface area contributed by atoms with Gasteiger partial charge in [-0.25, -0.2) is 0 Å². The van der Waals surface area contributed by atoms with Crippen LogP contribution in [0.5, 0.6) is 0 Å². The quantitative estimate of drug-likeness (QED) is 0.360. The van der Waals surface area contributed by atoms with Crippen molar-refractivity contribution in [2.45, 2.75) is 57.0 Å². The van der Waals surface area contributed by atoms with Crippen LogP contribution in [-0.4, -0.2) is 21.5 Å². The van der Waals surface area contributed by atoms with E-state index in [2.05, 4.69) is 117 Å². The van der Waals surface area contributed by atoms with E-state index in [-0.39, 0.29) is 10.6 Å². The Kier molecular flexibility index (Phi) is 6.99. The Hall–Kier alpha value is -2.20. The van der Waals surface area contributed by atoms with Gasteiger partial charge in [-0.05, 0) is 33.8 Å². The zero-order valence-corrected chi connectivity index (χ0v) is 20.8. The lowest BCUT2D eigenvalue weighted by Crippen LogP contribution is -2.67. The highest BCUT2D eigenvalue weighted by Crippen LogP contribution is 2.39. The fourth-order valence-electron chi connectivity index (χ4n) is 5.56. The molecule has 1 saturated carbocycles. The van der Waals surface area contributed by atoms with Crippen LogP contribution < -0.4 is 15.7 Å². The standard InChI is InChI=1S/C29H37NOSi/c1-28(2,3)32(26-17-9-5-10-18-26,27-19-11-6-12-20-27)31-24-23-30-29(21-13-14-22-29)25-15-7-4-8-16-25/h4-12,15-20,30H,13-14,21-24H2,1-3H3. The third kappa shape index (κ3) is 4.47. The molecule has 32 heavy (non-hydrogen) atoms. The molecule has 0 saturated heterocycles. The number of hydrogen-bond acceptors (Lipinski definition) is 2. The maximum Gasteiger partial charge on any atom is 0.261 e. The number of rotatable bonds is 8. The molecule has 1 aliphatic carbocycles. The predicted molar refractivity (Wildman–Crippen MR) is 138 cm³/mol. The summed E-state index contributed by atoms with van der Waals surface area (Å²) in [7, 11) is -2.47. The predicted octanol–water partition coefficient (Wildman–Crippen LogP) is 5.62. The first-order valence-electron chi connectivity index (χ1n) is 12.0. The second-order valence-electron chi connectivity index (χ2n) is 10.1. The van der Waals surface area contributed by atoms with E-state index >= 15 is 0 Å². The van der Waals surface area contributed by atoms with Crippen molar-refractivity contribution in [3.8, 4) is 0 Å². The van der Waals surface area contributed by atoms with Crippen LogP contribution >= 0.6 is 0 Å². The second-order valence-corrected chi connectivity index (χ2v) is 14.4. The van der Waals surface area contributed by atoms with E-state index in [9.17, 15) is 0 Å². The van der Waals surface area contributed by atoms with Crippen LogP contribution in [0.3, 0.4) is 0 Å². The summed E-state index contributed by atoms with van der Waals surface area (Å²) in [6.07, 6.45) is 4.99. The number of nitrogens with one attached hydrogen (secondary N) is 1. The molecule has 3 heteroatoms. The summed E-state index contributed by atoms with van der Waals surface area (Å²) in [4.78, 5) is 0. The minimum atomic E-state index is -2.47. The summed E-state index contributed by atoms with van der Waals surface area (Å²) >= 11 is 0. The van der Waals surface area contributed by atoms with Crippen LogP contribution in [0.25, 0.3) is 0 Å². The van der Waals surface area contributed by atoms with E-state index in [1.807, 2.05) is 0 Å². The Balaban J connectivity index is 1.59. The third-order valence-corrected chi connectivity index (χ3v) is 12.1. The zero-order valence-electron chi connectivity index (χ0n) is 19.8. The molecule has 1 aliphatic rings. The highest BCUT2D eigenvalue weighted by Gasteiger charge is 2.50. The summed E-state index contributed by atoms with van der Waals surface area (Å²) in [6, 6.07) is 32.8. The lowest BCUT2D eigenvalue weighted by Gasteiger charge is -2.43. The first-order chi connectivity index (χ1) is 15.5. The largest absolute Gasteiger partial charge is 0.406 e. The van der Waals surface area contributed by atoms with Crippen LogP contribution in [0.2, 0.25) is 5.04 Å². The highest BCUT2D eigenvalue weighted by molar-refractivity contribution is 6.99. The van der Waals surface area contributed by atoms with Gasteiger partial charge < -0.3 is 9.74 Å². The summed E-state index contributed by atoms with van der Waals surface area (Å²) in [6.45, 7) is 8.60. The average molecular weight is 444 g/mol. The molecule has 0 aromatic heterocycles. The van der Waals surface area contributed by atoms with E-state index in [1.54, 1.807) is 0 Å². The van der Waals surface area contributed by atoms with Gasteiger partial charge in [0.05, 0.1) is 0 Å². The molecule has 0 atom stereocenters. The zero-order chi connectivity index (χ0) is 22.5. The Bertz CT molecular complexity index is 921. The summed E-state index contributed by atoms with van der Waals surface area (Å²) in [5.74, 6) is 0. The van der Waals surface area contributed by atoms with E-state index in [0.717, 1.165) is 6.54 Å². The Morgan fingerprint density at radius 1 is 0.750 bits per heavy atom. The molecule has 1 N–H and O–H groups in total. The number of benzene rings is 3. The van der Waals surface area contributed by atoms with Gasteiger partial charge >= 0.3 is 0 Å². The lowest BCUT2D eigenvalue weighted by atomic mass is 9.88. The van der Waals surface area contributed by atoms with Crippen molar-refractivity contribution >= 4 is 18.7 Å². The topological polar surface area (TPSA) is 21.3 Å². The van der Waals surface area contributed by atoms with Crippen molar-refractivity contribution in [1.29, 1.82) is 0 Å². The van der Waals surface area contributed by atoms with E-state index in [0.29, 0.717) is 6.61 Å². The van der Waals surface area contributed by atoms with Gasteiger partial charge in [-0.1, -0.05) is 125 Å². The van der Waals surface area contributed by atoms with E-state index in [4.69, 9.17) is 4.43 Å². The maximum absolute atomic E-state index is 7.08. The molecule has 168 valence electrons. The van der Waals surface area contributed by atoms with Crippen LogP contribution in [0.15, 0.2) is 91.0 Å². The van der Waals surface area contributed by atoms with Crippen LogP contribution in [0.4, 0.5) is 0 Å². The van der Waals surface area contributed by atoms with Crippen LogP contribution in [-0.2, 0) is 9.96 Å². The molecule has 0 spiro atoms. The van der Waals surface area contributed by atoms with Gasteiger partial charge in [-0.2, -0.15) is 0 Å². The van der Waals surface area contributed by atoms with Crippen molar-refractivity contribution in [2.75, 3.05) is 13.2 Å². The fraction of sp³-hybridized carbons (Fsp3) is 0.379. The van der Waals surface area contributed by atoms with Crippen molar-refractivity contribution in [3.05, 3.63) is 96.6 Å². The summed E-state index contributed by atoms with van der Waals surface area (Å²) in [5.41, 5.74) is 1.51. The van der Waals surface area contributed by atoms with Gasteiger partial charge in [0.15, 0.2) is 0 Å². The molecule has 3 aromatic carbocycles. The van der Waals surface area contributed by atoms with Gasteiger partial charge in [-0.15, -0.1) is 0 Å².